The van der Waals surface area contributed by atoms with E-state index in [1.165, 1.54) is 0 Å². The molecule has 1 aliphatic heterocycles. The lowest BCUT2D eigenvalue weighted by atomic mass is 10.1. The molecule has 1 aromatic rings. The molecular weight excluding hydrogens is 392 g/mol. The molecule has 1 aliphatic rings. The first kappa shape index (κ1) is 20.3. The Balaban J connectivity index is 2.74. The van der Waals surface area contributed by atoms with E-state index in [-0.39, 0.29) is 6.42 Å². The summed E-state index contributed by atoms with van der Waals surface area (Å²) in [5.74, 6) is -4.34. The monoisotopic (exact) mass is 407 g/mol. The first-order valence-corrected chi connectivity index (χ1v) is 9.20. The first-order valence-electron chi connectivity index (χ1n) is 7.34. The largest absolute Gasteiger partial charge is 0.428 e. The van der Waals surface area contributed by atoms with E-state index < -0.39 is 53.6 Å². The summed E-state index contributed by atoms with van der Waals surface area (Å²) >= 11 is 6.25. The van der Waals surface area contributed by atoms with Crippen LogP contribution >= 0.6 is 11.6 Å². The number of ether oxygens (including phenoxy) is 1. The predicted molar refractivity (Wildman–Crippen MR) is 90.9 cm³/mol. The summed E-state index contributed by atoms with van der Waals surface area (Å²) in [5, 5.41) is 2.94. The fourth-order valence-corrected chi connectivity index (χ4v) is 4.67. The number of benzene rings is 1. The van der Waals surface area contributed by atoms with Gasteiger partial charge in [-0.15, -0.1) is 0 Å². The second-order valence-corrected chi connectivity index (χ2v) is 9.11. The van der Waals surface area contributed by atoms with Crippen LogP contribution in [0.3, 0.4) is 0 Å². The van der Waals surface area contributed by atoms with Crippen molar-refractivity contribution in [2.45, 2.75) is 37.0 Å². The smallest absolute Gasteiger partial charge is 0.307 e. The number of alkyl halides is 1. The zero-order chi connectivity index (χ0) is 19.9. The zero-order valence-electron chi connectivity index (χ0n) is 14.2. The van der Waals surface area contributed by atoms with Crippen molar-refractivity contribution in [1.29, 1.82) is 0 Å². The van der Waals surface area contributed by atoms with Crippen molar-refractivity contribution in [3.63, 3.8) is 0 Å². The minimum atomic E-state index is -4.78. The van der Waals surface area contributed by atoms with Crippen LogP contribution in [-0.2, 0) is 28.4 Å². The van der Waals surface area contributed by atoms with Crippen LogP contribution < -0.4 is 0 Å². The summed E-state index contributed by atoms with van der Waals surface area (Å²) in [6.07, 6.45) is -0.201. The third-order valence-corrected chi connectivity index (χ3v) is 6.58. The highest BCUT2D eigenvalue weighted by atomic mass is 35.5. The summed E-state index contributed by atoms with van der Waals surface area (Å²) in [5.41, 5.74) is -2.00. The molecule has 26 heavy (non-hydrogen) atoms. The van der Waals surface area contributed by atoms with Gasteiger partial charge in [-0.2, -0.15) is 0 Å². The molecule has 0 saturated carbocycles. The molecule has 10 heteroatoms. The second kappa shape index (κ2) is 6.62. The molecular formula is C16H16ClF2NO5S. The fraction of sp³-hybridized carbons (Fsp3) is 0.375. The van der Waals surface area contributed by atoms with Crippen LogP contribution in [0.25, 0.3) is 0 Å². The maximum atomic E-state index is 14.4. The molecule has 0 bridgehead atoms. The van der Waals surface area contributed by atoms with E-state index in [1.807, 2.05) is 0 Å². The summed E-state index contributed by atoms with van der Waals surface area (Å²) in [6.45, 7) is 7.42. The van der Waals surface area contributed by atoms with Crippen molar-refractivity contribution in [1.82, 2.24) is 0 Å². The molecule has 0 saturated heterocycles. The van der Waals surface area contributed by atoms with E-state index in [9.17, 15) is 22.0 Å². The van der Waals surface area contributed by atoms with Crippen molar-refractivity contribution >= 4 is 32.5 Å². The Hall–Kier alpha value is -2.00. The lowest BCUT2D eigenvalue weighted by molar-refractivity contribution is -0.137. The van der Waals surface area contributed by atoms with E-state index in [0.29, 0.717) is 0 Å². The minimum absolute atomic E-state index is 0.201. The van der Waals surface area contributed by atoms with E-state index in [1.54, 1.807) is 13.8 Å². The molecule has 0 N–H and O–H groups in total. The number of esters is 1. The van der Waals surface area contributed by atoms with Crippen LogP contribution in [0.15, 0.2) is 35.7 Å². The van der Waals surface area contributed by atoms with Gasteiger partial charge in [0.25, 0.3) is 0 Å². The van der Waals surface area contributed by atoms with Gasteiger partial charge in [0.2, 0.25) is 14.0 Å². The molecule has 6 nitrogen and oxygen atoms in total. The number of carbonyl (C=O) groups is 1. The zero-order valence-corrected chi connectivity index (χ0v) is 15.7. The molecule has 1 atom stereocenters. The Morgan fingerprint density at radius 3 is 2.35 bits per heavy atom. The molecule has 1 heterocycles. The molecule has 142 valence electrons. The lowest BCUT2D eigenvalue weighted by Crippen LogP contribution is -2.40. The van der Waals surface area contributed by atoms with Crippen molar-refractivity contribution in [3.8, 4) is 0 Å². The van der Waals surface area contributed by atoms with Gasteiger partial charge in [0.1, 0.15) is 23.0 Å². The van der Waals surface area contributed by atoms with Gasteiger partial charge in [-0.1, -0.05) is 29.4 Å². The molecule has 0 aromatic heterocycles. The Morgan fingerprint density at radius 2 is 1.92 bits per heavy atom. The topological polar surface area (TPSA) is 82.0 Å². The number of hydrogen-bond donors (Lipinski definition) is 0. The van der Waals surface area contributed by atoms with Gasteiger partial charge in [-0.05, 0) is 26.0 Å². The van der Waals surface area contributed by atoms with Crippen LogP contribution in [0.2, 0.25) is 0 Å². The van der Waals surface area contributed by atoms with Crippen LogP contribution in [0.4, 0.5) is 8.78 Å². The molecule has 0 fully saturated rings. The molecule has 0 radical (unpaired) electrons. The number of halogens is 3. The van der Waals surface area contributed by atoms with Crippen molar-refractivity contribution in [3.05, 3.63) is 47.7 Å². The average molecular weight is 408 g/mol. The van der Waals surface area contributed by atoms with Gasteiger partial charge in [0.15, 0.2) is 5.04 Å². The molecule has 0 aliphatic carbocycles. The molecule has 1 unspecified atom stereocenters. The standard InChI is InChI=1S/C16H16ClF2NO5S/c1-9(24-10(2)21)16(17,14-11(18)6-5-7-12(14)19)26(22,23)13-8-15(3,4)25-20-13/h5-7H,1,8H2,2-4H3. The highest BCUT2D eigenvalue weighted by Gasteiger charge is 2.56. The molecule has 0 spiro atoms. The predicted octanol–water partition coefficient (Wildman–Crippen LogP) is 3.36. The number of hydrogen-bond acceptors (Lipinski definition) is 6. The number of nitrogens with zero attached hydrogens (tertiary/aromatic N) is 1. The summed E-state index contributed by atoms with van der Waals surface area (Å²) in [7, 11) is -4.78. The highest BCUT2D eigenvalue weighted by Crippen LogP contribution is 2.47. The summed E-state index contributed by atoms with van der Waals surface area (Å²) in [6, 6.07) is 2.68. The van der Waals surface area contributed by atoms with Crippen molar-refractivity contribution in [2.24, 2.45) is 5.16 Å². The van der Waals surface area contributed by atoms with E-state index >= 15 is 0 Å². The summed E-state index contributed by atoms with van der Waals surface area (Å²) < 4.78 is 56.8. The average Bonchev–Trinajstić information content (AvgIpc) is 2.86. The van der Waals surface area contributed by atoms with Gasteiger partial charge in [-0.25, -0.2) is 17.2 Å². The van der Waals surface area contributed by atoms with Crippen molar-refractivity contribution < 1.29 is 31.6 Å². The van der Waals surface area contributed by atoms with Gasteiger partial charge < -0.3 is 9.57 Å². The van der Waals surface area contributed by atoms with Gasteiger partial charge in [0, 0.05) is 13.3 Å². The molecule has 2 rings (SSSR count). The van der Waals surface area contributed by atoms with Gasteiger partial charge in [0.05, 0.1) is 5.56 Å². The SMILES string of the molecule is C=C(OC(C)=O)C(Cl)(c1c(F)cccc1F)S(=O)(=O)C1=NOC(C)(C)C1. The van der Waals surface area contributed by atoms with Crippen LogP contribution in [-0.4, -0.2) is 25.0 Å². The van der Waals surface area contributed by atoms with E-state index in [4.69, 9.17) is 21.2 Å². The number of carbonyl (C=O) groups excluding carboxylic acids is 1. The summed E-state index contributed by atoms with van der Waals surface area (Å²) in [4.78, 5) is 16.3. The Bertz CT molecular complexity index is 893. The normalized spacial score (nSPS) is 18.5. The van der Waals surface area contributed by atoms with Gasteiger partial charge >= 0.3 is 5.97 Å². The number of sulfone groups is 1. The van der Waals surface area contributed by atoms with E-state index in [0.717, 1.165) is 25.1 Å². The maximum Gasteiger partial charge on any atom is 0.307 e. The van der Waals surface area contributed by atoms with Crippen molar-refractivity contribution in [2.75, 3.05) is 0 Å². The lowest BCUT2D eigenvalue weighted by Gasteiger charge is -2.28. The van der Waals surface area contributed by atoms with Crippen LogP contribution in [0, 0.1) is 11.6 Å². The number of rotatable bonds is 4. The van der Waals surface area contributed by atoms with Crippen LogP contribution in [0.5, 0.6) is 0 Å². The third-order valence-electron chi connectivity index (χ3n) is 3.56. The van der Waals surface area contributed by atoms with Gasteiger partial charge in [-0.3, -0.25) is 4.79 Å². The minimum Gasteiger partial charge on any atom is -0.428 e. The van der Waals surface area contributed by atoms with E-state index in [2.05, 4.69) is 11.7 Å². The Morgan fingerprint density at radius 1 is 1.38 bits per heavy atom. The quantitative estimate of drug-likeness (QED) is 0.434. The highest BCUT2D eigenvalue weighted by molar-refractivity contribution is 8.08. The third kappa shape index (κ3) is 3.33. The first-order chi connectivity index (χ1) is 11.8. The molecule has 0 amide bonds. The molecule has 1 aromatic carbocycles. The fourth-order valence-electron chi connectivity index (χ4n) is 2.38. The Kier molecular flexibility index (Phi) is 5.17. The second-order valence-electron chi connectivity index (χ2n) is 6.22. The Labute approximate surface area is 154 Å². The van der Waals surface area contributed by atoms with Crippen LogP contribution in [0.1, 0.15) is 32.8 Å². The maximum absolute atomic E-state index is 14.4. The number of oxime groups is 1.